The van der Waals surface area contributed by atoms with Crippen LogP contribution in [0.25, 0.3) is 0 Å². The summed E-state index contributed by atoms with van der Waals surface area (Å²) >= 11 is 0. The van der Waals surface area contributed by atoms with Gasteiger partial charge >= 0.3 is 5.92 Å². The highest BCUT2D eigenvalue weighted by Gasteiger charge is 2.45. The Hall–Kier alpha value is -0.710. The minimum atomic E-state index is -3.92. The molecule has 1 aliphatic rings. The molecule has 0 aromatic rings. The van der Waals surface area contributed by atoms with Crippen LogP contribution in [0.5, 0.6) is 0 Å². The van der Waals surface area contributed by atoms with Crippen LogP contribution in [0.4, 0.5) is 8.78 Å². The van der Waals surface area contributed by atoms with Gasteiger partial charge in [-0.3, -0.25) is 0 Å². The highest BCUT2D eigenvalue weighted by atomic mass is 19.3. The van der Waals surface area contributed by atoms with E-state index in [4.69, 9.17) is 4.74 Å². The number of carboxylic acids is 1. The Balaban J connectivity index is 2.68. The normalized spacial score (nSPS) is 20.5. The number of halogens is 2. The Bertz CT molecular complexity index is 260. The molecule has 1 aliphatic carbocycles. The van der Waals surface area contributed by atoms with E-state index in [0.717, 1.165) is 32.1 Å². The fourth-order valence-corrected chi connectivity index (χ4v) is 2.19. The molecule has 3 nitrogen and oxygen atoms in total. The molecule has 0 heterocycles. The summed E-state index contributed by atoms with van der Waals surface area (Å²) in [7, 11) is 0. The SMILES string of the molecule is CC(C)C(OC1CCCCC1)C(F)(F)C(=O)[O-]. The van der Waals surface area contributed by atoms with Crippen molar-refractivity contribution in [3.63, 3.8) is 0 Å². The molecule has 1 saturated carbocycles. The van der Waals surface area contributed by atoms with Crippen molar-refractivity contribution in [1.82, 2.24) is 0 Å². The quantitative estimate of drug-likeness (QED) is 0.745. The molecule has 1 rings (SSSR count). The second-order valence-electron chi connectivity index (χ2n) is 4.97. The fraction of sp³-hybridized carbons (Fsp3) is 0.917. The lowest BCUT2D eigenvalue weighted by Gasteiger charge is -2.34. The summed E-state index contributed by atoms with van der Waals surface area (Å²) < 4.78 is 32.2. The zero-order valence-corrected chi connectivity index (χ0v) is 10.2. The van der Waals surface area contributed by atoms with E-state index in [2.05, 4.69) is 0 Å². The van der Waals surface area contributed by atoms with Crippen LogP contribution < -0.4 is 5.11 Å². The van der Waals surface area contributed by atoms with E-state index in [-0.39, 0.29) is 6.10 Å². The molecular formula is C12H19F2O3-. The first kappa shape index (κ1) is 14.4. The lowest BCUT2D eigenvalue weighted by atomic mass is 9.95. The van der Waals surface area contributed by atoms with Crippen LogP contribution in [0.3, 0.4) is 0 Å². The van der Waals surface area contributed by atoms with Crippen molar-refractivity contribution in [1.29, 1.82) is 0 Å². The second kappa shape index (κ2) is 5.76. The van der Waals surface area contributed by atoms with Crippen molar-refractivity contribution in [2.45, 2.75) is 64.1 Å². The number of aliphatic carboxylic acids is 1. The molecule has 0 aliphatic heterocycles. The van der Waals surface area contributed by atoms with E-state index < -0.39 is 23.9 Å². The van der Waals surface area contributed by atoms with Crippen molar-refractivity contribution in [3.8, 4) is 0 Å². The maximum atomic E-state index is 13.4. The summed E-state index contributed by atoms with van der Waals surface area (Å²) in [5, 5.41) is 10.5. The molecule has 0 aromatic carbocycles. The van der Waals surface area contributed by atoms with Crippen LogP contribution in [-0.4, -0.2) is 24.1 Å². The smallest absolute Gasteiger partial charge is 0.312 e. The van der Waals surface area contributed by atoms with Gasteiger partial charge in [0, 0.05) is 0 Å². The minimum absolute atomic E-state index is 0.249. The van der Waals surface area contributed by atoms with Gasteiger partial charge in [-0.05, 0) is 18.8 Å². The number of hydrogen-bond acceptors (Lipinski definition) is 3. The van der Waals surface area contributed by atoms with Gasteiger partial charge in [0.05, 0.1) is 6.10 Å². The molecule has 0 saturated heterocycles. The molecule has 100 valence electrons. The number of ether oxygens (including phenoxy) is 1. The van der Waals surface area contributed by atoms with E-state index in [1.165, 1.54) is 13.8 Å². The topological polar surface area (TPSA) is 49.4 Å². The predicted octanol–water partition coefficient (Wildman–Crippen LogP) is 1.75. The van der Waals surface area contributed by atoms with Gasteiger partial charge in [-0.1, -0.05) is 33.1 Å². The number of rotatable bonds is 5. The van der Waals surface area contributed by atoms with Crippen LogP contribution in [0, 0.1) is 5.92 Å². The van der Waals surface area contributed by atoms with Crippen LogP contribution in [0.15, 0.2) is 0 Å². The van der Waals surface area contributed by atoms with Crippen molar-refractivity contribution in [2.24, 2.45) is 5.92 Å². The van der Waals surface area contributed by atoms with Gasteiger partial charge in [0.25, 0.3) is 0 Å². The van der Waals surface area contributed by atoms with Crippen LogP contribution in [0.1, 0.15) is 46.0 Å². The first-order valence-corrected chi connectivity index (χ1v) is 6.10. The molecule has 17 heavy (non-hydrogen) atoms. The maximum absolute atomic E-state index is 13.4. The Kier molecular flexibility index (Phi) is 4.86. The Morgan fingerprint density at radius 3 is 2.24 bits per heavy atom. The average Bonchev–Trinajstić information content (AvgIpc) is 2.26. The third-order valence-corrected chi connectivity index (χ3v) is 3.13. The molecule has 0 aromatic heterocycles. The monoisotopic (exact) mass is 249 g/mol. The van der Waals surface area contributed by atoms with E-state index >= 15 is 0 Å². The van der Waals surface area contributed by atoms with Gasteiger partial charge < -0.3 is 14.6 Å². The van der Waals surface area contributed by atoms with Crippen molar-refractivity contribution in [2.75, 3.05) is 0 Å². The molecule has 5 heteroatoms. The zero-order valence-electron chi connectivity index (χ0n) is 10.2. The summed E-state index contributed by atoms with van der Waals surface area (Å²) in [5.74, 6) is -6.84. The summed E-state index contributed by atoms with van der Waals surface area (Å²) in [5.41, 5.74) is 0. The summed E-state index contributed by atoms with van der Waals surface area (Å²) in [4.78, 5) is 10.5. The molecule has 0 amide bonds. The van der Waals surface area contributed by atoms with Crippen molar-refractivity contribution in [3.05, 3.63) is 0 Å². The summed E-state index contributed by atoms with van der Waals surface area (Å²) in [6, 6.07) is 0. The molecule has 1 unspecified atom stereocenters. The number of alkyl halides is 2. The van der Waals surface area contributed by atoms with Gasteiger partial charge in [0.15, 0.2) is 0 Å². The van der Waals surface area contributed by atoms with E-state index in [1.54, 1.807) is 0 Å². The van der Waals surface area contributed by atoms with Gasteiger partial charge in [0.2, 0.25) is 0 Å². The van der Waals surface area contributed by atoms with E-state index in [0.29, 0.717) is 0 Å². The molecule has 0 spiro atoms. The molecular weight excluding hydrogens is 230 g/mol. The highest BCUT2D eigenvalue weighted by molar-refractivity contribution is 5.74. The van der Waals surface area contributed by atoms with Crippen LogP contribution in [0.2, 0.25) is 0 Å². The Morgan fingerprint density at radius 2 is 1.82 bits per heavy atom. The van der Waals surface area contributed by atoms with Crippen LogP contribution >= 0.6 is 0 Å². The van der Waals surface area contributed by atoms with Crippen LogP contribution in [-0.2, 0) is 9.53 Å². The third-order valence-electron chi connectivity index (χ3n) is 3.13. The lowest BCUT2D eigenvalue weighted by molar-refractivity contribution is -0.340. The summed E-state index contributed by atoms with van der Waals surface area (Å²) in [6.07, 6.45) is 2.59. The van der Waals surface area contributed by atoms with Gasteiger partial charge in [-0.2, -0.15) is 8.78 Å². The number of carbonyl (C=O) groups excluding carboxylic acids is 1. The highest BCUT2D eigenvalue weighted by Crippen LogP contribution is 2.31. The van der Waals surface area contributed by atoms with Gasteiger partial charge in [-0.15, -0.1) is 0 Å². The second-order valence-corrected chi connectivity index (χ2v) is 4.97. The Labute approximate surface area is 100 Å². The summed E-state index contributed by atoms with van der Waals surface area (Å²) in [6.45, 7) is 3.06. The van der Waals surface area contributed by atoms with E-state index in [1.807, 2.05) is 0 Å². The molecule has 0 radical (unpaired) electrons. The standard InChI is InChI=1S/C12H20F2O3/c1-8(2)10(12(13,14)11(15)16)17-9-6-4-3-5-7-9/h8-10H,3-7H2,1-2H3,(H,15,16)/p-1. The lowest BCUT2D eigenvalue weighted by Crippen LogP contribution is -2.53. The van der Waals surface area contributed by atoms with Crippen molar-refractivity contribution >= 4 is 5.97 Å². The fourth-order valence-electron chi connectivity index (χ4n) is 2.19. The van der Waals surface area contributed by atoms with E-state index in [9.17, 15) is 18.7 Å². The third kappa shape index (κ3) is 3.63. The molecule has 0 N–H and O–H groups in total. The average molecular weight is 249 g/mol. The molecule has 1 atom stereocenters. The maximum Gasteiger partial charge on any atom is 0.312 e. The Morgan fingerprint density at radius 1 is 1.29 bits per heavy atom. The first-order chi connectivity index (χ1) is 7.85. The zero-order chi connectivity index (χ0) is 13.1. The van der Waals surface area contributed by atoms with Gasteiger partial charge in [0.1, 0.15) is 12.1 Å². The largest absolute Gasteiger partial charge is 0.544 e. The predicted molar refractivity (Wildman–Crippen MR) is 56.5 cm³/mol. The number of carboxylic acid groups (broad SMARTS) is 1. The number of hydrogen-bond donors (Lipinski definition) is 0. The van der Waals surface area contributed by atoms with Crippen molar-refractivity contribution < 1.29 is 23.4 Å². The minimum Gasteiger partial charge on any atom is -0.544 e. The first-order valence-electron chi connectivity index (χ1n) is 6.10. The number of carbonyl (C=O) groups is 1. The molecule has 0 bridgehead atoms. The molecule has 1 fully saturated rings. The van der Waals surface area contributed by atoms with Gasteiger partial charge in [-0.25, -0.2) is 0 Å².